The van der Waals surface area contributed by atoms with Crippen LogP contribution in [-0.2, 0) is 4.79 Å². The summed E-state index contributed by atoms with van der Waals surface area (Å²) < 4.78 is 13.5. The number of hydrogen-bond acceptors (Lipinski definition) is 5. The molecule has 6 aromatic rings. The normalized spacial score (nSPS) is 14.1. The van der Waals surface area contributed by atoms with Gasteiger partial charge < -0.3 is 10.3 Å². The van der Waals surface area contributed by atoms with Gasteiger partial charge in [-0.15, -0.1) is 0 Å². The number of rotatable bonds is 6. The van der Waals surface area contributed by atoms with Gasteiger partial charge in [0.1, 0.15) is 17.0 Å². The van der Waals surface area contributed by atoms with E-state index in [2.05, 4.69) is 30.5 Å². The Morgan fingerprint density at radius 2 is 1.73 bits per heavy atom. The average molecular weight is 546 g/mol. The molecule has 7 rings (SSSR count). The first kappa shape index (κ1) is 25.1. The number of aromatic amines is 2. The first-order valence-electron chi connectivity index (χ1n) is 13.9. The zero-order chi connectivity index (χ0) is 27.8. The Hall–Kier alpha value is -4.92. The van der Waals surface area contributed by atoms with Crippen molar-refractivity contribution < 1.29 is 9.18 Å². The van der Waals surface area contributed by atoms with Crippen molar-refractivity contribution in [1.82, 2.24) is 30.1 Å². The molecule has 9 heteroatoms. The Balaban J connectivity index is 1.19. The zero-order valence-corrected chi connectivity index (χ0v) is 22.3. The fourth-order valence-corrected chi connectivity index (χ4v) is 5.80. The van der Waals surface area contributed by atoms with Gasteiger partial charge in [-0.05, 0) is 60.7 Å². The van der Waals surface area contributed by atoms with Crippen LogP contribution in [-0.4, -0.2) is 36.0 Å². The van der Waals surface area contributed by atoms with Crippen LogP contribution in [0.5, 0.6) is 0 Å². The molecule has 3 N–H and O–H groups in total. The van der Waals surface area contributed by atoms with Gasteiger partial charge in [0.25, 0.3) is 0 Å². The lowest BCUT2D eigenvalue weighted by atomic mass is 9.87. The summed E-state index contributed by atoms with van der Waals surface area (Å²) in [6, 6.07) is 14.2. The van der Waals surface area contributed by atoms with Gasteiger partial charge in [-0.2, -0.15) is 5.10 Å². The number of carbonyl (C=O) groups excluding carboxylic acids is 1. The van der Waals surface area contributed by atoms with Crippen molar-refractivity contribution in [3.05, 3.63) is 79.1 Å². The summed E-state index contributed by atoms with van der Waals surface area (Å²) >= 11 is 0. The van der Waals surface area contributed by atoms with Crippen molar-refractivity contribution in [2.24, 2.45) is 5.92 Å². The number of benzene rings is 1. The highest BCUT2D eigenvalue weighted by Gasteiger charge is 2.18. The third kappa shape index (κ3) is 5.06. The molecule has 41 heavy (non-hydrogen) atoms. The van der Waals surface area contributed by atoms with Gasteiger partial charge in [0.05, 0.1) is 40.5 Å². The van der Waals surface area contributed by atoms with Gasteiger partial charge in [0.15, 0.2) is 0 Å². The number of carbonyl (C=O) groups is 1. The predicted molar refractivity (Wildman–Crippen MR) is 157 cm³/mol. The molecule has 204 valence electrons. The number of nitrogens with zero attached hydrogens (tertiary/aromatic N) is 4. The molecule has 0 saturated heterocycles. The van der Waals surface area contributed by atoms with E-state index in [-0.39, 0.29) is 11.7 Å². The Morgan fingerprint density at radius 3 is 2.59 bits per heavy atom. The van der Waals surface area contributed by atoms with Crippen LogP contribution in [0.15, 0.2) is 73.3 Å². The molecule has 0 bridgehead atoms. The molecule has 1 amide bonds. The fourth-order valence-electron chi connectivity index (χ4n) is 5.80. The Kier molecular flexibility index (Phi) is 6.47. The molecule has 0 aliphatic heterocycles. The number of fused-ring (bicyclic) bond motifs is 2. The molecule has 5 aromatic heterocycles. The summed E-state index contributed by atoms with van der Waals surface area (Å²) in [6.07, 6.45) is 13.5. The number of hydrogen-bond donors (Lipinski definition) is 3. The van der Waals surface area contributed by atoms with E-state index >= 15 is 0 Å². The topological polar surface area (TPSA) is 112 Å². The fraction of sp³-hybridized carbons (Fsp3) is 0.219. The number of aromatic nitrogens is 6. The smallest absolute Gasteiger partial charge is 0.224 e. The maximum Gasteiger partial charge on any atom is 0.224 e. The molecule has 0 radical (unpaired) electrons. The SMILES string of the molecule is O=C(CC1CCCCC1)Nc1cncc(-c2ccc3[nH]nc(-c4cc5c(-c6ccc(F)cc6)cncc5[nH]4)c3n2)c1. The molecule has 1 aliphatic rings. The Labute approximate surface area is 235 Å². The van der Waals surface area contributed by atoms with Gasteiger partial charge in [0, 0.05) is 35.3 Å². The summed E-state index contributed by atoms with van der Waals surface area (Å²) in [5.41, 5.74) is 7.76. The number of H-pyrrole nitrogens is 2. The van der Waals surface area contributed by atoms with Crippen LogP contribution in [0.2, 0.25) is 0 Å². The predicted octanol–water partition coefficient (Wildman–Crippen LogP) is 7.28. The van der Waals surface area contributed by atoms with Crippen LogP contribution in [0, 0.1) is 11.7 Å². The lowest BCUT2D eigenvalue weighted by molar-refractivity contribution is -0.117. The minimum Gasteiger partial charge on any atom is -0.352 e. The van der Waals surface area contributed by atoms with E-state index in [1.165, 1.54) is 31.4 Å². The summed E-state index contributed by atoms with van der Waals surface area (Å²) in [5.74, 6) is 0.219. The van der Waals surface area contributed by atoms with Crippen molar-refractivity contribution in [3.8, 4) is 33.8 Å². The van der Waals surface area contributed by atoms with Crippen LogP contribution in [0.3, 0.4) is 0 Å². The van der Waals surface area contributed by atoms with Crippen LogP contribution < -0.4 is 5.32 Å². The lowest BCUT2D eigenvalue weighted by Crippen LogP contribution is -2.18. The molecule has 0 atom stereocenters. The average Bonchev–Trinajstić information content (AvgIpc) is 3.62. The molecular weight excluding hydrogens is 517 g/mol. The van der Waals surface area contributed by atoms with E-state index in [4.69, 9.17) is 4.98 Å². The highest BCUT2D eigenvalue weighted by atomic mass is 19.1. The van der Waals surface area contributed by atoms with Crippen LogP contribution in [0.4, 0.5) is 10.1 Å². The van der Waals surface area contributed by atoms with Crippen molar-refractivity contribution >= 4 is 33.5 Å². The molecule has 5 heterocycles. The number of anilines is 1. The number of halogens is 1. The van der Waals surface area contributed by atoms with E-state index in [1.807, 2.05) is 24.3 Å². The van der Waals surface area contributed by atoms with Crippen molar-refractivity contribution in [1.29, 1.82) is 0 Å². The van der Waals surface area contributed by atoms with E-state index in [1.54, 1.807) is 36.9 Å². The molecule has 1 aliphatic carbocycles. The third-order valence-corrected chi connectivity index (χ3v) is 7.88. The van der Waals surface area contributed by atoms with Crippen molar-refractivity contribution in [2.75, 3.05) is 5.32 Å². The monoisotopic (exact) mass is 545 g/mol. The second-order valence-corrected chi connectivity index (χ2v) is 10.7. The van der Waals surface area contributed by atoms with Gasteiger partial charge >= 0.3 is 0 Å². The second kappa shape index (κ2) is 10.6. The molecular formula is C32H28FN7O. The van der Waals surface area contributed by atoms with Gasteiger partial charge in [0.2, 0.25) is 5.91 Å². The lowest BCUT2D eigenvalue weighted by Gasteiger charge is -2.20. The molecule has 0 unspecified atom stereocenters. The zero-order valence-electron chi connectivity index (χ0n) is 22.3. The van der Waals surface area contributed by atoms with E-state index < -0.39 is 0 Å². The highest BCUT2D eigenvalue weighted by molar-refractivity contribution is 6.00. The summed E-state index contributed by atoms with van der Waals surface area (Å²) in [7, 11) is 0. The standard InChI is InChI=1S/C32H28FN7O/c33-22-8-6-20(7-9-22)25-17-35-18-29-24(25)14-28(37-29)32-31-27(39-40-32)11-10-26(38-31)21-13-23(16-34-15-21)36-30(41)12-19-4-2-1-3-5-19/h6-11,13-19,37H,1-5,12H2,(H,36,41)(H,39,40). The van der Waals surface area contributed by atoms with Gasteiger partial charge in [-0.1, -0.05) is 31.4 Å². The maximum absolute atomic E-state index is 13.5. The summed E-state index contributed by atoms with van der Waals surface area (Å²) in [6.45, 7) is 0. The van der Waals surface area contributed by atoms with E-state index in [9.17, 15) is 9.18 Å². The molecule has 1 fully saturated rings. The number of nitrogens with one attached hydrogen (secondary N) is 3. The first-order chi connectivity index (χ1) is 20.1. The number of amides is 1. The quantitative estimate of drug-likeness (QED) is 0.204. The van der Waals surface area contributed by atoms with Gasteiger partial charge in [-0.3, -0.25) is 19.9 Å². The van der Waals surface area contributed by atoms with E-state index in [0.29, 0.717) is 29.2 Å². The first-order valence-corrected chi connectivity index (χ1v) is 13.9. The molecule has 8 nitrogen and oxygen atoms in total. The number of pyridine rings is 3. The van der Waals surface area contributed by atoms with Crippen molar-refractivity contribution in [2.45, 2.75) is 38.5 Å². The Morgan fingerprint density at radius 1 is 0.902 bits per heavy atom. The van der Waals surface area contributed by atoms with Crippen LogP contribution in [0.25, 0.3) is 55.7 Å². The van der Waals surface area contributed by atoms with Gasteiger partial charge in [-0.25, -0.2) is 9.37 Å². The molecule has 1 saturated carbocycles. The van der Waals surface area contributed by atoms with Crippen molar-refractivity contribution in [3.63, 3.8) is 0 Å². The summed E-state index contributed by atoms with van der Waals surface area (Å²) in [4.78, 5) is 29.8. The van der Waals surface area contributed by atoms with Crippen LogP contribution >= 0.6 is 0 Å². The maximum atomic E-state index is 13.5. The highest BCUT2D eigenvalue weighted by Crippen LogP contribution is 2.34. The second-order valence-electron chi connectivity index (χ2n) is 10.7. The summed E-state index contributed by atoms with van der Waals surface area (Å²) in [5, 5.41) is 11.6. The largest absolute Gasteiger partial charge is 0.352 e. The van der Waals surface area contributed by atoms with Crippen LogP contribution in [0.1, 0.15) is 38.5 Å². The minimum atomic E-state index is -0.281. The Bertz CT molecular complexity index is 1870. The third-order valence-electron chi connectivity index (χ3n) is 7.88. The molecule has 0 spiro atoms. The minimum absolute atomic E-state index is 0.0321. The van der Waals surface area contributed by atoms with E-state index in [0.717, 1.165) is 57.3 Å². The molecule has 1 aromatic carbocycles.